The molecule has 0 amide bonds. The van der Waals surface area contributed by atoms with Crippen LogP contribution in [0.4, 0.5) is 20.3 Å². The number of nitrogens with zero attached hydrogens (tertiary/aromatic N) is 3. The third-order valence-electron chi connectivity index (χ3n) is 4.12. The van der Waals surface area contributed by atoms with Crippen LogP contribution in [0.15, 0.2) is 54.3 Å². The van der Waals surface area contributed by atoms with Crippen LogP contribution < -0.4 is 5.32 Å². The lowest BCUT2D eigenvalue weighted by Crippen LogP contribution is -1.94. The van der Waals surface area contributed by atoms with Crippen LogP contribution in [0.3, 0.4) is 0 Å². The van der Waals surface area contributed by atoms with Gasteiger partial charge in [-0.05, 0) is 36.4 Å². The van der Waals surface area contributed by atoms with Gasteiger partial charge in [-0.2, -0.15) is 0 Å². The SMILES string of the molecule is Fc1ccc(-c2cc3c(Nc4ccc5scnc5c4)ncnc3s2)c(F)c1. The van der Waals surface area contributed by atoms with Gasteiger partial charge in [0.05, 0.1) is 21.1 Å². The van der Waals surface area contributed by atoms with E-state index in [9.17, 15) is 8.78 Å². The van der Waals surface area contributed by atoms with E-state index >= 15 is 0 Å². The number of fused-ring (bicyclic) bond motifs is 2. The van der Waals surface area contributed by atoms with E-state index in [-0.39, 0.29) is 0 Å². The van der Waals surface area contributed by atoms with Gasteiger partial charge in [-0.25, -0.2) is 23.7 Å². The standard InChI is InChI=1S/C19H10F2N4S2/c20-10-1-3-12(14(21)5-10)17-7-13-18(22-8-23-19(13)27-17)25-11-2-4-16-15(6-11)24-9-26-16/h1-9H,(H,22,23,25). The minimum absolute atomic E-state index is 0.342. The molecule has 2 aromatic carbocycles. The number of nitrogens with one attached hydrogen (secondary N) is 1. The largest absolute Gasteiger partial charge is 0.340 e. The van der Waals surface area contributed by atoms with Crippen molar-refractivity contribution in [1.29, 1.82) is 0 Å². The van der Waals surface area contributed by atoms with E-state index in [1.807, 2.05) is 24.3 Å². The number of thiophene rings is 1. The van der Waals surface area contributed by atoms with Crippen molar-refractivity contribution < 1.29 is 8.78 Å². The van der Waals surface area contributed by atoms with Crippen molar-refractivity contribution in [3.05, 3.63) is 65.9 Å². The number of hydrogen-bond donors (Lipinski definition) is 1. The van der Waals surface area contributed by atoms with E-state index < -0.39 is 11.6 Å². The molecule has 0 bridgehead atoms. The molecule has 0 fully saturated rings. The Kier molecular flexibility index (Phi) is 3.80. The first-order valence-electron chi connectivity index (χ1n) is 7.97. The molecular weight excluding hydrogens is 386 g/mol. The zero-order valence-corrected chi connectivity index (χ0v) is 15.2. The number of thiazole rings is 1. The van der Waals surface area contributed by atoms with Crippen molar-refractivity contribution in [3.8, 4) is 10.4 Å². The third kappa shape index (κ3) is 2.92. The maximum atomic E-state index is 14.1. The summed E-state index contributed by atoms with van der Waals surface area (Å²) in [5.41, 5.74) is 3.91. The number of halogens is 2. The second kappa shape index (κ2) is 6.33. The highest BCUT2D eigenvalue weighted by atomic mass is 32.1. The topological polar surface area (TPSA) is 50.7 Å². The maximum Gasteiger partial charge on any atom is 0.142 e. The predicted octanol–water partition coefficient (Wildman–Crippen LogP) is 5.99. The summed E-state index contributed by atoms with van der Waals surface area (Å²) in [5.74, 6) is -0.574. The molecule has 0 aliphatic rings. The lowest BCUT2D eigenvalue weighted by molar-refractivity contribution is 0.586. The molecule has 5 rings (SSSR count). The molecule has 8 heteroatoms. The highest BCUT2D eigenvalue weighted by Crippen LogP contribution is 2.37. The second-order valence-corrected chi connectivity index (χ2v) is 7.75. The minimum atomic E-state index is -0.600. The lowest BCUT2D eigenvalue weighted by Gasteiger charge is -2.06. The van der Waals surface area contributed by atoms with Crippen molar-refractivity contribution in [2.75, 3.05) is 5.32 Å². The van der Waals surface area contributed by atoms with Gasteiger partial charge in [0, 0.05) is 22.2 Å². The Morgan fingerprint density at radius 1 is 0.926 bits per heavy atom. The summed E-state index contributed by atoms with van der Waals surface area (Å²) in [5, 5.41) is 4.06. The van der Waals surface area contributed by atoms with Crippen molar-refractivity contribution >= 4 is 54.6 Å². The molecule has 3 aromatic heterocycles. The Bertz CT molecular complexity index is 1300. The first-order chi connectivity index (χ1) is 13.2. The maximum absolute atomic E-state index is 14.1. The Labute approximate surface area is 160 Å². The quantitative estimate of drug-likeness (QED) is 0.407. The molecule has 132 valence electrons. The summed E-state index contributed by atoms with van der Waals surface area (Å²) in [6, 6.07) is 11.3. The summed E-state index contributed by atoms with van der Waals surface area (Å²) in [6.07, 6.45) is 1.47. The highest BCUT2D eigenvalue weighted by molar-refractivity contribution is 7.22. The first kappa shape index (κ1) is 16.2. The summed E-state index contributed by atoms with van der Waals surface area (Å²) < 4.78 is 28.4. The fourth-order valence-electron chi connectivity index (χ4n) is 2.85. The van der Waals surface area contributed by atoms with Crippen LogP contribution in [-0.4, -0.2) is 15.0 Å². The predicted molar refractivity (Wildman–Crippen MR) is 106 cm³/mol. The third-order valence-corrected chi connectivity index (χ3v) is 6.01. The van der Waals surface area contributed by atoms with Gasteiger partial charge in [-0.3, -0.25) is 0 Å². The van der Waals surface area contributed by atoms with Gasteiger partial charge in [0.25, 0.3) is 0 Å². The van der Waals surface area contributed by atoms with Crippen molar-refractivity contribution in [2.45, 2.75) is 0 Å². The Morgan fingerprint density at radius 2 is 1.85 bits per heavy atom. The normalized spacial score (nSPS) is 11.3. The zero-order valence-electron chi connectivity index (χ0n) is 13.6. The fraction of sp³-hybridized carbons (Fsp3) is 0. The van der Waals surface area contributed by atoms with E-state index in [2.05, 4.69) is 20.3 Å². The molecule has 0 atom stereocenters. The molecule has 0 aliphatic heterocycles. The van der Waals surface area contributed by atoms with Crippen LogP contribution in [0, 0.1) is 11.6 Å². The molecular formula is C19H10F2N4S2. The summed E-state index contributed by atoms with van der Waals surface area (Å²) >= 11 is 2.92. The van der Waals surface area contributed by atoms with E-state index in [0.717, 1.165) is 32.2 Å². The Morgan fingerprint density at radius 3 is 2.74 bits per heavy atom. The van der Waals surface area contributed by atoms with E-state index in [4.69, 9.17) is 0 Å². The fourth-order valence-corrected chi connectivity index (χ4v) is 4.53. The van der Waals surface area contributed by atoms with Crippen LogP contribution in [0.2, 0.25) is 0 Å². The monoisotopic (exact) mass is 396 g/mol. The number of rotatable bonds is 3. The van der Waals surface area contributed by atoms with Crippen molar-refractivity contribution in [2.24, 2.45) is 0 Å². The van der Waals surface area contributed by atoms with Gasteiger partial charge in [0.1, 0.15) is 28.6 Å². The van der Waals surface area contributed by atoms with Crippen LogP contribution in [0.5, 0.6) is 0 Å². The van der Waals surface area contributed by atoms with Gasteiger partial charge in [0.2, 0.25) is 0 Å². The smallest absolute Gasteiger partial charge is 0.142 e. The number of benzene rings is 2. The minimum Gasteiger partial charge on any atom is -0.340 e. The van der Waals surface area contributed by atoms with Gasteiger partial charge < -0.3 is 5.32 Å². The average Bonchev–Trinajstić information content (AvgIpc) is 3.28. The number of aromatic nitrogens is 3. The molecule has 3 heterocycles. The molecule has 5 aromatic rings. The van der Waals surface area contributed by atoms with Gasteiger partial charge in [0.15, 0.2) is 0 Å². The van der Waals surface area contributed by atoms with Gasteiger partial charge >= 0.3 is 0 Å². The average molecular weight is 396 g/mol. The van der Waals surface area contributed by atoms with Gasteiger partial charge in [-0.1, -0.05) is 0 Å². The molecule has 0 radical (unpaired) electrons. The second-order valence-electron chi connectivity index (χ2n) is 5.84. The molecule has 0 spiro atoms. The summed E-state index contributed by atoms with van der Waals surface area (Å²) in [4.78, 5) is 14.3. The molecule has 4 nitrogen and oxygen atoms in total. The highest BCUT2D eigenvalue weighted by Gasteiger charge is 2.14. The molecule has 0 saturated heterocycles. The Balaban J connectivity index is 1.57. The van der Waals surface area contributed by atoms with Crippen molar-refractivity contribution in [3.63, 3.8) is 0 Å². The first-order valence-corrected chi connectivity index (χ1v) is 9.67. The van der Waals surface area contributed by atoms with Crippen LogP contribution >= 0.6 is 22.7 Å². The van der Waals surface area contributed by atoms with Crippen LogP contribution in [0.25, 0.3) is 30.9 Å². The Hall–Kier alpha value is -2.97. The molecule has 0 aliphatic carbocycles. The van der Waals surface area contributed by atoms with Gasteiger partial charge in [-0.15, -0.1) is 22.7 Å². The van der Waals surface area contributed by atoms with E-state index in [1.165, 1.54) is 29.8 Å². The summed E-state index contributed by atoms with van der Waals surface area (Å²) in [6.45, 7) is 0. The number of hydrogen-bond acceptors (Lipinski definition) is 6. The van der Waals surface area contributed by atoms with Crippen LogP contribution in [-0.2, 0) is 0 Å². The van der Waals surface area contributed by atoms with E-state index in [1.54, 1.807) is 16.8 Å². The van der Waals surface area contributed by atoms with Crippen LogP contribution in [0.1, 0.15) is 0 Å². The zero-order chi connectivity index (χ0) is 18.4. The summed E-state index contributed by atoms with van der Waals surface area (Å²) in [7, 11) is 0. The van der Waals surface area contributed by atoms with E-state index in [0.29, 0.717) is 16.3 Å². The number of anilines is 2. The molecule has 0 saturated carbocycles. The lowest BCUT2D eigenvalue weighted by atomic mass is 10.1. The molecule has 1 N–H and O–H groups in total. The molecule has 0 unspecified atom stereocenters. The molecule has 27 heavy (non-hydrogen) atoms. The van der Waals surface area contributed by atoms with Crippen molar-refractivity contribution in [1.82, 2.24) is 15.0 Å².